The lowest BCUT2D eigenvalue weighted by atomic mass is 10.0. The quantitative estimate of drug-likeness (QED) is 0.605. The molecule has 2 aromatic rings. The molecule has 0 amide bonds. The zero-order valence-electron chi connectivity index (χ0n) is 19.6. The Hall–Kier alpha value is -1.96. The second-order valence-electron chi connectivity index (χ2n) is 9.08. The number of carbonyl (C=O) groups excluding carboxylic acids is 1. The summed E-state index contributed by atoms with van der Waals surface area (Å²) in [6, 6.07) is 9.46. The number of hydrogen-bond donors (Lipinski definition) is 0. The maximum absolute atomic E-state index is 13.0. The first-order chi connectivity index (χ1) is 14.5. The molecule has 0 N–H and O–H groups in total. The van der Waals surface area contributed by atoms with Crippen molar-refractivity contribution in [3.8, 4) is 0 Å². The third-order valence-corrected chi connectivity index (χ3v) is 8.10. The molecule has 0 spiro atoms. The molecule has 0 radical (unpaired) electrons. The van der Waals surface area contributed by atoms with Crippen LogP contribution >= 0.6 is 0 Å². The average molecular weight is 446 g/mol. The Morgan fingerprint density at radius 3 is 2.03 bits per heavy atom. The predicted molar refractivity (Wildman–Crippen MR) is 124 cm³/mol. The molecule has 2 heterocycles. The van der Waals surface area contributed by atoms with Gasteiger partial charge < -0.3 is 4.57 Å². The Kier molecular flexibility index (Phi) is 7.08. The highest BCUT2D eigenvalue weighted by Gasteiger charge is 2.29. The number of Topliss-reactive ketones (excluding diaryl/α,β-unsaturated/α-hetero) is 1. The second kappa shape index (κ2) is 9.27. The van der Waals surface area contributed by atoms with E-state index in [-0.39, 0.29) is 5.78 Å². The molecule has 1 aliphatic rings. The van der Waals surface area contributed by atoms with Crippen molar-refractivity contribution in [2.24, 2.45) is 0 Å². The van der Waals surface area contributed by atoms with Crippen LogP contribution in [0.25, 0.3) is 0 Å². The van der Waals surface area contributed by atoms with Crippen LogP contribution in [0.4, 0.5) is 0 Å². The number of rotatable bonds is 7. The fraction of sp³-hybridized carbons (Fsp3) is 0.542. The van der Waals surface area contributed by atoms with E-state index in [1.807, 2.05) is 32.0 Å². The van der Waals surface area contributed by atoms with E-state index in [1.165, 1.54) is 4.31 Å². The molecule has 0 aliphatic carbocycles. The van der Waals surface area contributed by atoms with Crippen molar-refractivity contribution in [3.63, 3.8) is 0 Å². The van der Waals surface area contributed by atoms with Crippen LogP contribution in [-0.2, 0) is 10.0 Å². The molecule has 1 fully saturated rings. The minimum atomic E-state index is -3.51. The lowest BCUT2D eigenvalue weighted by molar-refractivity contribution is 0.0901. The molecule has 0 saturated carbocycles. The second-order valence-corrected chi connectivity index (χ2v) is 11.0. The Bertz CT molecular complexity index is 1030. The molecule has 0 atom stereocenters. The van der Waals surface area contributed by atoms with Crippen molar-refractivity contribution >= 4 is 15.8 Å². The van der Waals surface area contributed by atoms with Gasteiger partial charge in [-0.05, 0) is 57.4 Å². The van der Waals surface area contributed by atoms with E-state index < -0.39 is 10.0 Å². The molecule has 0 unspecified atom stereocenters. The molecule has 3 rings (SSSR count). The third kappa shape index (κ3) is 4.94. The number of aryl methyl sites for hydroxylation is 1. The first kappa shape index (κ1) is 23.7. The molecule has 1 aromatic carbocycles. The average Bonchev–Trinajstić information content (AvgIpc) is 3.02. The molecule has 7 heteroatoms. The molecule has 1 aromatic heterocycles. The van der Waals surface area contributed by atoms with Gasteiger partial charge in [-0.2, -0.15) is 4.31 Å². The monoisotopic (exact) mass is 445 g/mol. The van der Waals surface area contributed by atoms with E-state index >= 15 is 0 Å². The Labute approximate surface area is 186 Å². The summed E-state index contributed by atoms with van der Waals surface area (Å²) in [6.07, 6.45) is 0. The van der Waals surface area contributed by atoms with Crippen LogP contribution in [0.5, 0.6) is 0 Å². The lowest BCUT2D eigenvalue weighted by Gasteiger charge is -2.33. The number of benzene rings is 1. The van der Waals surface area contributed by atoms with Crippen molar-refractivity contribution < 1.29 is 13.2 Å². The molecule has 1 saturated heterocycles. The Balaban J connectivity index is 1.63. The number of ketones is 1. The van der Waals surface area contributed by atoms with Gasteiger partial charge in [0.25, 0.3) is 0 Å². The standard InChI is InChI=1S/C24H35N3O3S/c1-17(2)21-7-9-22(10-8-21)31(29,30)26-13-11-25(12-14-26)16-24(28)23-15-19(5)27(18(3)4)20(23)6/h7-10,15,17-18H,11-14,16H2,1-6H3. The summed E-state index contributed by atoms with van der Waals surface area (Å²) < 4.78 is 29.7. The van der Waals surface area contributed by atoms with Gasteiger partial charge in [0.05, 0.1) is 11.4 Å². The first-order valence-corrected chi connectivity index (χ1v) is 12.5. The van der Waals surface area contributed by atoms with Crippen molar-refractivity contribution in [1.29, 1.82) is 0 Å². The fourth-order valence-electron chi connectivity index (χ4n) is 4.44. The van der Waals surface area contributed by atoms with Crippen molar-refractivity contribution in [1.82, 2.24) is 13.8 Å². The summed E-state index contributed by atoms with van der Waals surface area (Å²) in [4.78, 5) is 15.3. The Morgan fingerprint density at radius 2 is 1.55 bits per heavy atom. The number of carbonyl (C=O) groups is 1. The van der Waals surface area contributed by atoms with Crippen molar-refractivity contribution in [2.75, 3.05) is 32.7 Å². The molecular formula is C24H35N3O3S. The van der Waals surface area contributed by atoms with Gasteiger partial charge in [0.1, 0.15) is 0 Å². The summed E-state index contributed by atoms with van der Waals surface area (Å²) in [6.45, 7) is 14.6. The zero-order valence-corrected chi connectivity index (χ0v) is 20.4. The van der Waals surface area contributed by atoms with E-state index in [1.54, 1.807) is 12.1 Å². The topological polar surface area (TPSA) is 62.6 Å². The lowest BCUT2D eigenvalue weighted by Crippen LogP contribution is -2.49. The van der Waals surface area contributed by atoms with Crippen LogP contribution in [-0.4, -0.2) is 60.7 Å². The maximum atomic E-state index is 13.0. The zero-order chi connectivity index (χ0) is 22.9. The highest BCUT2D eigenvalue weighted by molar-refractivity contribution is 7.89. The van der Waals surface area contributed by atoms with Gasteiger partial charge in [-0.3, -0.25) is 9.69 Å². The van der Waals surface area contributed by atoms with Gasteiger partial charge in [0, 0.05) is 49.2 Å². The van der Waals surface area contributed by atoms with E-state index in [0.29, 0.717) is 49.6 Å². The number of piperazine rings is 1. The van der Waals surface area contributed by atoms with Gasteiger partial charge in [-0.1, -0.05) is 26.0 Å². The minimum Gasteiger partial charge on any atom is -0.346 e. The van der Waals surface area contributed by atoms with Crippen LogP contribution in [0.1, 0.15) is 67.0 Å². The number of sulfonamides is 1. The molecule has 0 bridgehead atoms. The SMILES string of the molecule is Cc1cc(C(=O)CN2CCN(S(=O)(=O)c3ccc(C(C)C)cc3)CC2)c(C)n1C(C)C. The van der Waals surface area contributed by atoms with Crippen molar-refractivity contribution in [2.45, 2.75) is 58.4 Å². The summed E-state index contributed by atoms with van der Waals surface area (Å²) in [5.41, 5.74) is 3.99. The van der Waals surface area contributed by atoms with Crippen LogP contribution in [0, 0.1) is 13.8 Å². The van der Waals surface area contributed by atoms with Crippen LogP contribution in [0.15, 0.2) is 35.2 Å². The summed E-state index contributed by atoms with van der Waals surface area (Å²) >= 11 is 0. The van der Waals surface area contributed by atoms with Gasteiger partial charge in [0.15, 0.2) is 5.78 Å². The van der Waals surface area contributed by atoms with Crippen molar-refractivity contribution in [3.05, 3.63) is 52.8 Å². The predicted octanol–water partition coefficient (Wildman–Crippen LogP) is 4.00. The van der Waals surface area contributed by atoms with Crippen LogP contribution in [0.2, 0.25) is 0 Å². The molecule has 31 heavy (non-hydrogen) atoms. The highest BCUT2D eigenvalue weighted by Crippen LogP contribution is 2.23. The van der Waals surface area contributed by atoms with Gasteiger partial charge in [0.2, 0.25) is 10.0 Å². The van der Waals surface area contributed by atoms with Gasteiger partial charge in [-0.15, -0.1) is 0 Å². The highest BCUT2D eigenvalue weighted by atomic mass is 32.2. The Morgan fingerprint density at radius 1 is 0.968 bits per heavy atom. The smallest absolute Gasteiger partial charge is 0.243 e. The number of nitrogens with zero attached hydrogens (tertiary/aromatic N) is 3. The first-order valence-electron chi connectivity index (χ1n) is 11.1. The van der Waals surface area contributed by atoms with E-state index in [0.717, 1.165) is 22.5 Å². The minimum absolute atomic E-state index is 0.0978. The number of hydrogen-bond acceptors (Lipinski definition) is 4. The summed E-state index contributed by atoms with van der Waals surface area (Å²) in [7, 11) is -3.51. The van der Waals surface area contributed by atoms with Gasteiger partial charge in [-0.25, -0.2) is 8.42 Å². The summed E-state index contributed by atoms with van der Waals surface area (Å²) in [5.74, 6) is 0.461. The number of aromatic nitrogens is 1. The molecular weight excluding hydrogens is 410 g/mol. The molecule has 170 valence electrons. The largest absolute Gasteiger partial charge is 0.346 e. The van der Waals surface area contributed by atoms with Crippen LogP contribution in [0.3, 0.4) is 0 Å². The van der Waals surface area contributed by atoms with Crippen LogP contribution < -0.4 is 0 Å². The van der Waals surface area contributed by atoms with E-state index in [2.05, 4.69) is 37.2 Å². The van der Waals surface area contributed by atoms with E-state index in [9.17, 15) is 13.2 Å². The summed E-state index contributed by atoms with van der Waals surface area (Å²) in [5, 5.41) is 0. The van der Waals surface area contributed by atoms with Gasteiger partial charge >= 0.3 is 0 Å². The molecule has 6 nitrogen and oxygen atoms in total. The van der Waals surface area contributed by atoms with E-state index in [4.69, 9.17) is 0 Å². The maximum Gasteiger partial charge on any atom is 0.243 e. The molecule has 1 aliphatic heterocycles. The fourth-order valence-corrected chi connectivity index (χ4v) is 5.87. The normalized spacial score (nSPS) is 16.4. The third-order valence-electron chi connectivity index (χ3n) is 6.18.